The molecular weight excluding hydrogens is 418 g/mol. The summed E-state index contributed by atoms with van der Waals surface area (Å²) in [6.07, 6.45) is 0.882. The van der Waals surface area contributed by atoms with Gasteiger partial charge in [0.25, 0.3) is 0 Å². The van der Waals surface area contributed by atoms with Crippen LogP contribution in [0, 0.1) is 0 Å². The van der Waals surface area contributed by atoms with E-state index in [0.717, 1.165) is 16.2 Å². The molecule has 0 saturated carbocycles. The fraction of sp³-hybridized carbons (Fsp3) is 0.294. The van der Waals surface area contributed by atoms with Crippen LogP contribution in [0.5, 0.6) is 5.75 Å². The zero-order valence-corrected chi connectivity index (χ0v) is 17.9. The van der Waals surface area contributed by atoms with Gasteiger partial charge in [0.05, 0.1) is 11.5 Å². The number of hydrogen-bond donors (Lipinski definition) is 0. The number of rotatable bonds is 9. The smallest absolute Gasteiger partial charge is 0.416 e. The van der Waals surface area contributed by atoms with E-state index in [-0.39, 0.29) is 0 Å². The van der Waals surface area contributed by atoms with E-state index in [1.807, 2.05) is 37.3 Å². The van der Waals surface area contributed by atoms with Crippen molar-refractivity contribution in [3.8, 4) is 5.75 Å². The number of benzene rings is 2. The Morgan fingerprint density at radius 1 is 1.04 bits per heavy atom. The van der Waals surface area contributed by atoms with Crippen LogP contribution in [0.3, 0.4) is 0 Å². The summed E-state index contributed by atoms with van der Waals surface area (Å²) >= 11 is 14.7. The maximum atomic E-state index is 13.0. The predicted molar refractivity (Wildman–Crippen MR) is 110 cm³/mol. The fourth-order valence-electron chi connectivity index (χ4n) is 1.84. The van der Waals surface area contributed by atoms with Gasteiger partial charge in [-0.1, -0.05) is 41.9 Å². The van der Waals surface area contributed by atoms with Gasteiger partial charge in [-0.05, 0) is 61.1 Å². The molecule has 1 atom stereocenters. The molecule has 0 aliphatic carbocycles. The van der Waals surface area contributed by atoms with Crippen molar-refractivity contribution in [2.45, 2.75) is 30.1 Å². The molecule has 0 aliphatic heterocycles. The van der Waals surface area contributed by atoms with E-state index in [2.05, 4.69) is 0 Å². The Labute approximate surface area is 167 Å². The van der Waals surface area contributed by atoms with E-state index in [1.165, 1.54) is 23.1 Å². The molecule has 0 spiro atoms. The van der Waals surface area contributed by atoms with Gasteiger partial charge in [-0.2, -0.15) is 0 Å². The summed E-state index contributed by atoms with van der Waals surface area (Å²) in [7, 11) is 0. The normalized spacial score (nSPS) is 13.4. The molecule has 2 aromatic carbocycles. The molecule has 2 rings (SSSR count). The lowest BCUT2D eigenvalue weighted by Crippen LogP contribution is -1.97. The standard InChI is InChI=1S/C17H19Cl2O3PS2/c1-3-11-24-23(20,21-4-2)22-16-12-14(19)7-10-17(16)25-15-8-5-13(18)6-9-15/h5-10,12H,3-4,11H2,1-2H3. The van der Waals surface area contributed by atoms with E-state index >= 15 is 0 Å². The molecule has 0 aliphatic rings. The molecule has 2 aromatic rings. The highest BCUT2D eigenvalue weighted by molar-refractivity contribution is 8.55. The molecule has 0 saturated heterocycles. The first-order chi connectivity index (χ1) is 12.0. The van der Waals surface area contributed by atoms with Crippen molar-refractivity contribution in [1.29, 1.82) is 0 Å². The van der Waals surface area contributed by atoms with Gasteiger partial charge in [0.2, 0.25) is 0 Å². The van der Waals surface area contributed by atoms with E-state index in [9.17, 15) is 4.57 Å². The first kappa shape index (κ1) is 21.0. The third kappa shape index (κ3) is 6.74. The van der Waals surface area contributed by atoms with Crippen molar-refractivity contribution >= 4 is 53.1 Å². The van der Waals surface area contributed by atoms with Crippen LogP contribution >= 0.6 is 53.1 Å². The second-order valence-electron chi connectivity index (χ2n) is 4.94. The molecule has 8 heteroatoms. The van der Waals surface area contributed by atoms with E-state index in [1.54, 1.807) is 19.1 Å². The molecule has 0 fully saturated rings. The quantitative estimate of drug-likeness (QED) is 0.374. The van der Waals surface area contributed by atoms with E-state index in [0.29, 0.717) is 28.2 Å². The number of hydrogen-bond acceptors (Lipinski definition) is 5. The summed E-state index contributed by atoms with van der Waals surface area (Å²) in [5.41, 5.74) is 0. The summed E-state index contributed by atoms with van der Waals surface area (Å²) in [4.78, 5) is 1.80. The van der Waals surface area contributed by atoms with Crippen LogP contribution in [-0.4, -0.2) is 12.4 Å². The SMILES string of the molecule is CCCSP(=O)(OCC)Oc1cc(Cl)ccc1Sc1ccc(Cl)cc1. The third-order valence-corrected chi connectivity index (χ3v) is 8.39. The second kappa shape index (κ2) is 10.1. The molecule has 0 radical (unpaired) electrons. The first-order valence-corrected chi connectivity index (χ1v) is 12.5. The van der Waals surface area contributed by atoms with Crippen LogP contribution < -0.4 is 4.52 Å². The molecule has 3 nitrogen and oxygen atoms in total. The Morgan fingerprint density at radius 3 is 2.36 bits per heavy atom. The van der Waals surface area contributed by atoms with Gasteiger partial charge in [0.1, 0.15) is 5.75 Å². The second-order valence-corrected chi connectivity index (χ2v) is 11.0. The Kier molecular flexibility index (Phi) is 8.53. The first-order valence-electron chi connectivity index (χ1n) is 7.77. The summed E-state index contributed by atoms with van der Waals surface area (Å²) in [5, 5.41) is 1.19. The van der Waals surface area contributed by atoms with Gasteiger partial charge >= 0.3 is 6.80 Å². The molecule has 0 heterocycles. The van der Waals surface area contributed by atoms with Gasteiger partial charge in [0.15, 0.2) is 0 Å². The van der Waals surface area contributed by atoms with Crippen LogP contribution in [0.4, 0.5) is 0 Å². The predicted octanol–water partition coefficient (Wildman–Crippen LogP) is 7.81. The molecule has 0 aromatic heterocycles. The molecule has 0 bridgehead atoms. The van der Waals surface area contributed by atoms with Crippen molar-refractivity contribution in [3.63, 3.8) is 0 Å². The number of halogens is 2. The average molecular weight is 437 g/mol. The van der Waals surface area contributed by atoms with E-state index in [4.69, 9.17) is 32.2 Å². The zero-order valence-electron chi connectivity index (χ0n) is 13.9. The van der Waals surface area contributed by atoms with Crippen LogP contribution in [0.2, 0.25) is 10.0 Å². The van der Waals surface area contributed by atoms with Gasteiger partial charge in [-0.3, -0.25) is 4.52 Å². The summed E-state index contributed by atoms with van der Waals surface area (Å²) in [5.74, 6) is 1.14. The van der Waals surface area contributed by atoms with Crippen LogP contribution in [0.1, 0.15) is 20.3 Å². The zero-order chi connectivity index (χ0) is 18.3. The van der Waals surface area contributed by atoms with Crippen molar-refractivity contribution < 1.29 is 13.6 Å². The minimum absolute atomic E-state index is 0.314. The Morgan fingerprint density at radius 2 is 1.72 bits per heavy atom. The van der Waals surface area contributed by atoms with Gasteiger partial charge < -0.3 is 4.52 Å². The summed E-state index contributed by atoms with van der Waals surface area (Å²) in [6, 6.07) is 12.8. The fourth-order valence-corrected chi connectivity index (χ4v) is 6.50. The monoisotopic (exact) mass is 436 g/mol. The van der Waals surface area contributed by atoms with Crippen LogP contribution in [-0.2, 0) is 9.09 Å². The largest absolute Gasteiger partial charge is 0.440 e. The highest BCUT2D eigenvalue weighted by Gasteiger charge is 2.28. The lowest BCUT2D eigenvalue weighted by Gasteiger charge is -2.19. The van der Waals surface area contributed by atoms with Crippen molar-refractivity contribution in [1.82, 2.24) is 0 Å². The van der Waals surface area contributed by atoms with Crippen LogP contribution in [0.15, 0.2) is 52.3 Å². The van der Waals surface area contributed by atoms with Gasteiger partial charge in [0, 0.05) is 26.8 Å². The highest BCUT2D eigenvalue weighted by Crippen LogP contribution is 2.61. The lowest BCUT2D eigenvalue weighted by molar-refractivity contribution is 0.294. The molecular formula is C17H19Cl2O3PS2. The van der Waals surface area contributed by atoms with Crippen molar-refractivity contribution in [2.24, 2.45) is 0 Å². The molecule has 25 heavy (non-hydrogen) atoms. The molecule has 1 unspecified atom stereocenters. The minimum Gasteiger partial charge on any atom is -0.416 e. The Hall–Kier alpha value is -0.290. The van der Waals surface area contributed by atoms with E-state index < -0.39 is 6.80 Å². The summed E-state index contributed by atoms with van der Waals surface area (Å²) in [6.45, 7) is 0.834. The maximum absolute atomic E-state index is 13.0. The topological polar surface area (TPSA) is 35.5 Å². The van der Waals surface area contributed by atoms with Crippen molar-refractivity contribution in [3.05, 3.63) is 52.5 Å². The Bertz CT molecular complexity index is 741. The van der Waals surface area contributed by atoms with Crippen molar-refractivity contribution in [2.75, 3.05) is 12.4 Å². The Balaban J connectivity index is 2.27. The third-order valence-electron chi connectivity index (χ3n) is 2.90. The summed E-state index contributed by atoms with van der Waals surface area (Å²) < 4.78 is 24.2. The van der Waals surface area contributed by atoms with Gasteiger partial charge in [-0.25, -0.2) is 4.57 Å². The lowest BCUT2D eigenvalue weighted by atomic mass is 10.3. The molecule has 0 amide bonds. The highest BCUT2D eigenvalue weighted by atomic mass is 35.5. The van der Waals surface area contributed by atoms with Gasteiger partial charge in [-0.15, -0.1) is 0 Å². The average Bonchev–Trinajstić information content (AvgIpc) is 2.58. The molecule has 0 N–H and O–H groups in total. The minimum atomic E-state index is -3.29. The molecule has 136 valence electrons. The van der Waals surface area contributed by atoms with Crippen LogP contribution in [0.25, 0.3) is 0 Å². The maximum Gasteiger partial charge on any atom is 0.440 e.